The molecule has 0 rings (SSSR count). The van der Waals surface area contributed by atoms with Crippen LogP contribution in [0.3, 0.4) is 0 Å². The minimum Gasteiger partial charge on any atom is -0.398 e. The standard InChI is InChI=1S/C21H46O3Si.C6H16O2Si/c1-5-6-7-8-9-10-11-12-13-14-15-16-17-18-19-20-21-25(22-2,23-3)24-4;1-5-6-9(4,7-2)8-3/h5-21H2,1-4H3;5-6H2,1-4H3. The summed E-state index contributed by atoms with van der Waals surface area (Å²) in [5.74, 6) is 0. The van der Waals surface area contributed by atoms with E-state index in [0.29, 0.717) is 0 Å². The predicted molar refractivity (Wildman–Crippen MR) is 152 cm³/mol. The Morgan fingerprint density at radius 2 is 0.706 bits per heavy atom. The molecule has 0 aliphatic carbocycles. The molecule has 0 amide bonds. The van der Waals surface area contributed by atoms with Crippen LogP contribution in [-0.4, -0.2) is 52.9 Å². The van der Waals surface area contributed by atoms with E-state index in [4.69, 9.17) is 22.1 Å². The Labute approximate surface area is 216 Å². The van der Waals surface area contributed by atoms with Crippen molar-refractivity contribution in [1.29, 1.82) is 0 Å². The molecule has 0 atom stereocenters. The largest absolute Gasteiger partial charge is 0.500 e. The molecule has 0 aromatic heterocycles. The van der Waals surface area contributed by atoms with Crippen LogP contribution in [-0.2, 0) is 22.1 Å². The van der Waals surface area contributed by atoms with E-state index in [0.717, 1.165) is 24.9 Å². The second kappa shape index (κ2) is 26.3. The molecule has 5 nitrogen and oxygen atoms in total. The summed E-state index contributed by atoms with van der Waals surface area (Å²) in [5.41, 5.74) is 0. The van der Waals surface area contributed by atoms with Gasteiger partial charge in [-0.3, -0.25) is 0 Å². The first-order valence-electron chi connectivity index (χ1n) is 14.2. The molecule has 7 heteroatoms. The van der Waals surface area contributed by atoms with Crippen LogP contribution in [0.1, 0.15) is 123 Å². The van der Waals surface area contributed by atoms with Crippen LogP contribution in [0.25, 0.3) is 0 Å². The van der Waals surface area contributed by atoms with Crippen molar-refractivity contribution in [3.63, 3.8) is 0 Å². The van der Waals surface area contributed by atoms with Crippen LogP contribution >= 0.6 is 0 Å². The third-order valence-corrected chi connectivity index (χ3v) is 12.8. The molecule has 0 aliphatic heterocycles. The van der Waals surface area contributed by atoms with Gasteiger partial charge in [0.1, 0.15) is 0 Å². The first kappa shape index (κ1) is 36.4. The smallest absolute Gasteiger partial charge is 0.398 e. The number of unbranched alkanes of at least 4 members (excludes halogenated alkanes) is 15. The van der Waals surface area contributed by atoms with Gasteiger partial charge in [-0.05, 0) is 19.0 Å². The summed E-state index contributed by atoms with van der Waals surface area (Å²) in [7, 11) is 4.53. The molecule has 0 aromatic rings. The maximum atomic E-state index is 5.45. The Balaban J connectivity index is 0. The van der Waals surface area contributed by atoms with Gasteiger partial charge in [-0.15, -0.1) is 0 Å². The van der Waals surface area contributed by atoms with Gasteiger partial charge >= 0.3 is 17.4 Å². The molecule has 0 saturated heterocycles. The Hall–Kier alpha value is 0.234. The van der Waals surface area contributed by atoms with E-state index in [1.807, 2.05) is 0 Å². The third-order valence-electron chi connectivity index (χ3n) is 6.84. The van der Waals surface area contributed by atoms with Crippen molar-refractivity contribution >= 4 is 17.4 Å². The number of hydrogen-bond donors (Lipinski definition) is 0. The van der Waals surface area contributed by atoms with Crippen molar-refractivity contribution in [2.45, 2.75) is 142 Å². The lowest BCUT2D eigenvalue weighted by Crippen LogP contribution is -2.42. The van der Waals surface area contributed by atoms with Crippen LogP contribution in [0, 0.1) is 0 Å². The van der Waals surface area contributed by atoms with Crippen molar-refractivity contribution in [2.75, 3.05) is 35.5 Å². The molecule has 0 radical (unpaired) electrons. The summed E-state index contributed by atoms with van der Waals surface area (Å²) < 4.78 is 26.9. The van der Waals surface area contributed by atoms with Crippen LogP contribution < -0.4 is 0 Å². The van der Waals surface area contributed by atoms with E-state index >= 15 is 0 Å². The molecule has 0 aliphatic rings. The highest BCUT2D eigenvalue weighted by molar-refractivity contribution is 6.65. The van der Waals surface area contributed by atoms with Crippen molar-refractivity contribution in [3.05, 3.63) is 0 Å². The molecule has 0 fully saturated rings. The van der Waals surface area contributed by atoms with Crippen LogP contribution in [0.2, 0.25) is 18.6 Å². The maximum Gasteiger partial charge on any atom is 0.500 e. The predicted octanol–water partition coefficient (Wildman–Crippen LogP) is 8.89. The van der Waals surface area contributed by atoms with Gasteiger partial charge in [0, 0.05) is 41.6 Å². The molecular formula is C27H62O5Si2. The van der Waals surface area contributed by atoms with Gasteiger partial charge in [0.15, 0.2) is 0 Å². The van der Waals surface area contributed by atoms with Gasteiger partial charge < -0.3 is 22.1 Å². The average Bonchev–Trinajstić information content (AvgIpc) is 2.87. The Kier molecular flexibility index (Phi) is 28.2. The first-order chi connectivity index (χ1) is 16.4. The van der Waals surface area contributed by atoms with Gasteiger partial charge in [0.25, 0.3) is 0 Å². The molecule has 0 heterocycles. The summed E-state index contributed by atoms with van der Waals surface area (Å²) in [5, 5.41) is 0. The van der Waals surface area contributed by atoms with Crippen LogP contribution in [0.5, 0.6) is 0 Å². The Morgan fingerprint density at radius 1 is 0.382 bits per heavy atom. The Morgan fingerprint density at radius 3 is 0.941 bits per heavy atom. The van der Waals surface area contributed by atoms with Gasteiger partial charge in [-0.25, -0.2) is 0 Å². The molecule has 0 unspecified atom stereocenters. The van der Waals surface area contributed by atoms with E-state index in [-0.39, 0.29) is 0 Å². The minimum atomic E-state index is -2.32. The average molecular weight is 523 g/mol. The molecule has 0 saturated carbocycles. The zero-order chi connectivity index (χ0) is 26.0. The van der Waals surface area contributed by atoms with E-state index in [1.54, 1.807) is 35.5 Å². The Bertz CT molecular complexity index is 383. The van der Waals surface area contributed by atoms with Crippen molar-refractivity contribution < 1.29 is 22.1 Å². The van der Waals surface area contributed by atoms with Crippen LogP contribution in [0.15, 0.2) is 0 Å². The minimum absolute atomic E-state index is 0.939. The molecule has 0 aromatic carbocycles. The highest BCUT2D eigenvalue weighted by Crippen LogP contribution is 2.19. The molecule has 0 N–H and O–H groups in total. The second-order valence-electron chi connectivity index (χ2n) is 9.64. The highest BCUT2D eigenvalue weighted by Gasteiger charge is 2.36. The first-order valence-corrected chi connectivity index (χ1v) is 18.6. The van der Waals surface area contributed by atoms with Gasteiger partial charge in [0.05, 0.1) is 0 Å². The highest BCUT2D eigenvalue weighted by atomic mass is 28.4. The summed E-state index contributed by atoms with van der Waals surface area (Å²) in [4.78, 5) is 0. The number of rotatable bonds is 24. The van der Waals surface area contributed by atoms with Crippen LogP contribution in [0.4, 0.5) is 0 Å². The zero-order valence-electron chi connectivity index (χ0n) is 24.5. The topological polar surface area (TPSA) is 46.2 Å². The number of hydrogen-bond acceptors (Lipinski definition) is 5. The van der Waals surface area contributed by atoms with Gasteiger partial charge in [0.2, 0.25) is 0 Å². The second-order valence-corrected chi connectivity index (χ2v) is 16.3. The van der Waals surface area contributed by atoms with E-state index < -0.39 is 17.4 Å². The van der Waals surface area contributed by atoms with Crippen molar-refractivity contribution in [2.24, 2.45) is 0 Å². The quantitative estimate of drug-likeness (QED) is 0.0935. The molecule has 0 bridgehead atoms. The van der Waals surface area contributed by atoms with Gasteiger partial charge in [-0.1, -0.05) is 117 Å². The monoisotopic (exact) mass is 522 g/mol. The van der Waals surface area contributed by atoms with Crippen molar-refractivity contribution in [3.8, 4) is 0 Å². The fraction of sp³-hybridized carbons (Fsp3) is 1.00. The van der Waals surface area contributed by atoms with Crippen molar-refractivity contribution in [1.82, 2.24) is 0 Å². The fourth-order valence-corrected chi connectivity index (χ4v) is 7.47. The van der Waals surface area contributed by atoms with Gasteiger partial charge in [-0.2, -0.15) is 0 Å². The lowest BCUT2D eigenvalue weighted by Gasteiger charge is -2.24. The SMILES string of the molecule is CCCCCCCCCCCCCCCCCC[Si](OC)(OC)OC.CCC[Si](C)(OC)OC. The molecular weight excluding hydrogens is 460 g/mol. The molecule has 34 heavy (non-hydrogen) atoms. The summed E-state index contributed by atoms with van der Waals surface area (Å²) in [6.45, 7) is 6.51. The normalized spacial score (nSPS) is 12.0. The van der Waals surface area contributed by atoms with E-state index in [9.17, 15) is 0 Å². The van der Waals surface area contributed by atoms with E-state index in [1.165, 1.54) is 96.3 Å². The fourth-order valence-electron chi connectivity index (χ4n) is 4.19. The maximum absolute atomic E-state index is 5.45. The molecule has 208 valence electrons. The zero-order valence-corrected chi connectivity index (χ0v) is 26.5. The van der Waals surface area contributed by atoms with E-state index in [2.05, 4.69) is 20.4 Å². The summed E-state index contributed by atoms with van der Waals surface area (Å²) in [6.07, 6.45) is 23.5. The third kappa shape index (κ3) is 21.5. The lowest BCUT2D eigenvalue weighted by atomic mass is 10.0. The summed E-state index contributed by atoms with van der Waals surface area (Å²) >= 11 is 0. The summed E-state index contributed by atoms with van der Waals surface area (Å²) in [6, 6.07) is 2.02. The lowest BCUT2D eigenvalue weighted by molar-refractivity contribution is 0.122. The molecule has 0 spiro atoms.